The Morgan fingerprint density at radius 2 is 1.77 bits per heavy atom. The first kappa shape index (κ1) is 19.6. The Balaban J connectivity index is 1.96. The highest BCUT2D eigenvalue weighted by Crippen LogP contribution is 2.27. The van der Waals surface area contributed by atoms with Gasteiger partial charge in [-0.1, -0.05) is 11.6 Å². The van der Waals surface area contributed by atoms with Crippen molar-refractivity contribution < 1.29 is 19.0 Å². The third-order valence-electron chi connectivity index (χ3n) is 3.65. The summed E-state index contributed by atoms with van der Waals surface area (Å²) in [5, 5.41) is 4.71. The van der Waals surface area contributed by atoms with E-state index in [0.29, 0.717) is 28.0 Å². The summed E-state index contributed by atoms with van der Waals surface area (Å²) in [7, 11) is 3.13. The SMILES string of the molecule is COc1ccc(/C(C)=N\NC(=O)COc2ccc(Cl)cc2C)cc1OC. The van der Waals surface area contributed by atoms with Gasteiger partial charge in [-0.05, 0) is 55.8 Å². The summed E-state index contributed by atoms with van der Waals surface area (Å²) in [4.78, 5) is 11.9. The van der Waals surface area contributed by atoms with E-state index in [1.165, 1.54) is 0 Å². The molecule has 26 heavy (non-hydrogen) atoms. The Labute approximate surface area is 157 Å². The standard InChI is InChI=1S/C19H21ClN2O4/c1-12-9-15(20)6-8-16(12)26-11-19(23)22-21-13(2)14-5-7-17(24-3)18(10-14)25-4/h5-10H,11H2,1-4H3,(H,22,23)/b21-13-. The van der Waals surface area contributed by atoms with Gasteiger partial charge in [0.1, 0.15) is 5.75 Å². The molecule has 0 aliphatic heterocycles. The molecule has 0 aliphatic rings. The number of methoxy groups -OCH3 is 2. The minimum atomic E-state index is -0.362. The molecule has 0 aromatic heterocycles. The highest BCUT2D eigenvalue weighted by atomic mass is 35.5. The third kappa shape index (κ3) is 5.13. The monoisotopic (exact) mass is 376 g/mol. The second kappa shape index (κ2) is 9.10. The topological polar surface area (TPSA) is 69.2 Å². The van der Waals surface area contributed by atoms with E-state index in [-0.39, 0.29) is 12.5 Å². The molecule has 1 N–H and O–H groups in total. The summed E-state index contributed by atoms with van der Waals surface area (Å²) in [6.07, 6.45) is 0. The van der Waals surface area contributed by atoms with Crippen LogP contribution in [0.5, 0.6) is 17.2 Å². The number of carbonyl (C=O) groups is 1. The molecular formula is C19H21ClN2O4. The summed E-state index contributed by atoms with van der Waals surface area (Å²) in [6, 6.07) is 10.6. The number of carbonyl (C=O) groups excluding carboxylic acids is 1. The smallest absolute Gasteiger partial charge is 0.277 e. The molecule has 0 atom stereocenters. The van der Waals surface area contributed by atoms with E-state index in [4.69, 9.17) is 25.8 Å². The molecule has 138 valence electrons. The van der Waals surface area contributed by atoms with E-state index >= 15 is 0 Å². The fourth-order valence-electron chi connectivity index (χ4n) is 2.22. The molecular weight excluding hydrogens is 356 g/mol. The van der Waals surface area contributed by atoms with Gasteiger partial charge in [-0.25, -0.2) is 5.43 Å². The summed E-state index contributed by atoms with van der Waals surface area (Å²) >= 11 is 5.89. The van der Waals surface area contributed by atoms with Crippen LogP contribution >= 0.6 is 11.6 Å². The van der Waals surface area contributed by atoms with Gasteiger partial charge in [-0.15, -0.1) is 0 Å². The van der Waals surface area contributed by atoms with E-state index in [9.17, 15) is 4.79 Å². The first-order valence-electron chi connectivity index (χ1n) is 7.89. The van der Waals surface area contributed by atoms with Gasteiger partial charge in [0.25, 0.3) is 5.91 Å². The van der Waals surface area contributed by atoms with Crippen LogP contribution in [0.2, 0.25) is 5.02 Å². The Hall–Kier alpha value is -2.73. The Kier molecular flexibility index (Phi) is 6.86. The largest absolute Gasteiger partial charge is 0.493 e. The number of nitrogens with zero attached hydrogens (tertiary/aromatic N) is 1. The minimum Gasteiger partial charge on any atom is -0.493 e. The fraction of sp³-hybridized carbons (Fsp3) is 0.263. The zero-order chi connectivity index (χ0) is 19.1. The van der Waals surface area contributed by atoms with Crippen LogP contribution in [0.3, 0.4) is 0 Å². The maximum atomic E-state index is 11.9. The van der Waals surface area contributed by atoms with Crippen molar-refractivity contribution in [3.63, 3.8) is 0 Å². The van der Waals surface area contributed by atoms with Crippen molar-refractivity contribution in [2.45, 2.75) is 13.8 Å². The zero-order valence-electron chi connectivity index (χ0n) is 15.1. The predicted octanol–water partition coefficient (Wildman–Crippen LogP) is 3.58. The van der Waals surface area contributed by atoms with Gasteiger partial charge >= 0.3 is 0 Å². The number of ether oxygens (including phenoxy) is 3. The van der Waals surface area contributed by atoms with E-state index in [1.54, 1.807) is 51.5 Å². The maximum absolute atomic E-state index is 11.9. The first-order valence-corrected chi connectivity index (χ1v) is 8.27. The minimum absolute atomic E-state index is 0.148. The van der Waals surface area contributed by atoms with Crippen LogP contribution < -0.4 is 19.6 Å². The number of rotatable bonds is 7. The van der Waals surface area contributed by atoms with Crippen LogP contribution in [0.1, 0.15) is 18.1 Å². The molecule has 0 spiro atoms. The first-order chi connectivity index (χ1) is 12.4. The molecule has 2 aromatic carbocycles. The maximum Gasteiger partial charge on any atom is 0.277 e. The average Bonchev–Trinajstić information content (AvgIpc) is 2.64. The summed E-state index contributed by atoms with van der Waals surface area (Å²) < 4.78 is 15.9. The lowest BCUT2D eigenvalue weighted by Gasteiger charge is -2.10. The van der Waals surface area contributed by atoms with Crippen molar-refractivity contribution in [3.05, 3.63) is 52.5 Å². The number of hydrogen-bond acceptors (Lipinski definition) is 5. The molecule has 6 nitrogen and oxygen atoms in total. The van der Waals surface area contributed by atoms with Crippen molar-refractivity contribution in [1.29, 1.82) is 0 Å². The van der Waals surface area contributed by atoms with E-state index in [2.05, 4.69) is 10.5 Å². The average molecular weight is 377 g/mol. The number of amides is 1. The number of hydrogen-bond donors (Lipinski definition) is 1. The highest BCUT2D eigenvalue weighted by Gasteiger charge is 2.08. The molecule has 0 saturated heterocycles. The second-order valence-corrected chi connectivity index (χ2v) is 5.94. The van der Waals surface area contributed by atoms with Gasteiger partial charge in [-0.3, -0.25) is 4.79 Å². The van der Waals surface area contributed by atoms with Gasteiger partial charge in [0.05, 0.1) is 19.9 Å². The zero-order valence-corrected chi connectivity index (χ0v) is 15.9. The molecule has 0 bridgehead atoms. The molecule has 0 saturated carbocycles. The van der Waals surface area contributed by atoms with Gasteiger partial charge < -0.3 is 14.2 Å². The van der Waals surface area contributed by atoms with E-state index in [0.717, 1.165) is 11.1 Å². The quantitative estimate of drug-likeness (QED) is 0.592. The fourth-order valence-corrected chi connectivity index (χ4v) is 2.45. The van der Waals surface area contributed by atoms with Crippen LogP contribution in [-0.2, 0) is 4.79 Å². The lowest BCUT2D eigenvalue weighted by atomic mass is 10.1. The molecule has 0 heterocycles. The van der Waals surface area contributed by atoms with Crippen molar-refractivity contribution in [1.82, 2.24) is 5.43 Å². The second-order valence-electron chi connectivity index (χ2n) is 5.50. The number of nitrogens with one attached hydrogen (secondary N) is 1. The van der Waals surface area contributed by atoms with Gasteiger partial charge in [-0.2, -0.15) is 5.10 Å². The van der Waals surface area contributed by atoms with Crippen LogP contribution in [0.15, 0.2) is 41.5 Å². The summed E-state index contributed by atoms with van der Waals surface area (Å²) in [5.41, 5.74) is 4.76. The van der Waals surface area contributed by atoms with E-state index < -0.39 is 0 Å². The molecule has 2 rings (SSSR count). The molecule has 2 aromatic rings. The summed E-state index contributed by atoms with van der Waals surface area (Å²) in [6.45, 7) is 3.50. The van der Waals surface area contributed by atoms with Gasteiger partial charge in [0.2, 0.25) is 0 Å². The molecule has 1 amide bonds. The normalized spacial score (nSPS) is 11.0. The molecule has 0 fully saturated rings. The number of hydrazone groups is 1. The molecule has 0 aliphatic carbocycles. The van der Waals surface area contributed by atoms with Gasteiger partial charge in [0.15, 0.2) is 18.1 Å². The van der Waals surface area contributed by atoms with Crippen LogP contribution in [0.4, 0.5) is 0 Å². The molecule has 0 radical (unpaired) electrons. The molecule has 7 heteroatoms. The predicted molar refractivity (Wildman–Crippen MR) is 102 cm³/mol. The van der Waals surface area contributed by atoms with Crippen molar-refractivity contribution in [2.75, 3.05) is 20.8 Å². The third-order valence-corrected chi connectivity index (χ3v) is 3.88. The Bertz CT molecular complexity index is 821. The van der Waals surface area contributed by atoms with Gasteiger partial charge in [0, 0.05) is 10.6 Å². The lowest BCUT2D eigenvalue weighted by Crippen LogP contribution is -2.25. The van der Waals surface area contributed by atoms with E-state index in [1.807, 2.05) is 13.0 Å². The highest BCUT2D eigenvalue weighted by molar-refractivity contribution is 6.30. The van der Waals surface area contributed by atoms with Crippen LogP contribution in [0.25, 0.3) is 0 Å². The van der Waals surface area contributed by atoms with Crippen molar-refractivity contribution >= 4 is 23.2 Å². The van der Waals surface area contributed by atoms with Crippen LogP contribution in [0, 0.1) is 6.92 Å². The summed E-state index contributed by atoms with van der Waals surface area (Å²) in [5.74, 6) is 1.46. The van der Waals surface area contributed by atoms with Crippen LogP contribution in [-0.4, -0.2) is 32.4 Å². The lowest BCUT2D eigenvalue weighted by molar-refractivity contribution is -0.123. The Morgan fingerprint density at radius 3 is 2.42 bits per heavy atom. The molecule has 0 unspecified atom stereocenters. The van der Waals surface area contributed by atoms with Crippen molar-refractivity contribution in [3.8, 4) is 17.2 Å². The number of benzene rings is 2. The van der Waals surface area contributed by atoms with Crippen molar-refractivity contribution in [2.24, 2.45) is 5.10 Å². The number of aryl methyl sites for hydroxylation is 1. The number of halogens is 1. The Morgan fingerprint density at radius 1 is 1.08 bits per heavy atom.